The molecule has 0 fully saturated rings. The normalized spacial score (nSPS) is 13.7. The standard InChI is InChI=1S/C12H29NOS3Si/c1-10(2)12(11(3)4,15-17-16-13)8-9-18(6,7)14-5/h10-11H,8-9,13H2,1-7H3. The van der Waals surface area contributed by atoms with Gasteiger partial charge in [-0.25, -0.2) is 0 Å². The van der Waals surface area contributed by atoms with Crippen molar-refractivity contribution >= 4 is 39.9 Å². The van der Waals surface area contributed by atoms with Gasteiger partial charge in [-0.3, -0.25) is 5.14 Å². The Bertz CT molecular complexity index is 229. The highest BCUT2D eigenvalue weighted by molar-refractivity contribution is 9.09. The zero-order chi connectivity index (χ0) is 14.4. The van der Waals surface area contributed by atoms with Gasteiger partial charge < -0.3 is 4.43 Å². The zero-order valence-electron chi connectivity index (χ0n) is 12.8. The maximum atomic E-state index is 5.69. The lowest BCUT2D eigenvalue weighted by Crippen LogP contribution is -2.40. The first-order valence-electron chi connectivity index (χ1n) is 6.48. The topological polar surface area (TPSA) is 35.2 Å². The summed E-state index contributed by atoms with van der Waals surface area (Å²) in [4.78, 5) is 0. The molecule has 18 heavy (non-hydrogen) atoms. The van der Waals surface area contributed by atoms with E-state index in [2.05, 4.69) is 40.8 Å². The van der Waals surface area contributed by atoms with E-state index in [0.717, 1.165) is 0 Å². The Morgan fingerprint density at radius 3 is 2.00 bits per heavy atom. The quantitative estimate of drug-likeness (QED) is 0.358. The smallest absolute Gasteiger partial charge is 0.186 e. The summed E-state index contributed by atoms with van der Waals surface area (Å²) in [5.74, 6) is 1.28. The van der Waals surface area contributed by atoms with Crippen molar-refractivity contribution in [1.29, 1.82) is 0 Å². The Morgan fingerprint density at radius 2 is 1.67 bits per heavy atom. The second-order valence-corrected chi connectivity index (χ2v) is 14.4. The lowest BCUT2D eigenvalue weighted by Gasteiger charge is -2.41. The molecule has 0 heterocycles. The van der Waals surface area contributed by atoms with Crippen LogP contribution in [0.4, 0.5) is 0 Å². The van der Waals surface area contributed by atoms with Gasteiger partial charge in [-0.15, -0.1) is 0 Å². The molecule has 0 saturated carbocycles. The van der Waals surface area contributed by atoms with Crippen molar-refractivity contribution in [2.24, 2.45) is 17.0 Å². The molecule has 0 aliphatic heterocycles. The summed E-state index contributed by atoms with van der Waals surface area (Å²) in [5.41, 5.74) is 0. The molecule has 0 aromatic rings. The van der Waals surface area contributed by atoms with Gasteiger partial charge in [0.05, 0.1) is 0 Å². The summed E-state index contributed by atoms with van der Waals surface area (Å²) < 4.78 is 5.98. The number of hydrogen-bond donors (Lipinski definition) is 1. The van der Waals surface area contributed by atoms with E-state index in [1.54, 1.807) is 9.83 Å². The summed E-state index contributed by atoms with van der Waals surface area (Å²) in [5, 5.41) is 5.59. The van der Waals surface area contributed by atoms with Gasteiger partial charge in [0.15, 0.2) is 8.32 Å². The molecule has 0 aromatic carbocycles. The van der Waals surface area contributed by atoms with Crippen LogP contribution >= 0.6 is 31.6 Å². The number of hydrogen-bond acceptors (Lipinski definition) is 5. The fourth-order valence-electron chi connectivity index (χ4n) is 2.16. The van der Waals surface area contributed by atoms with Crippen LogP contribution in [-0.2, 0) is 4.43 Å². The Balaban J connectivity index is 4.84. The Morgan fingerprint density at radius 1 is 1.17 bits per heavy atom. The number of nitrogens with two attached hydrogens (primary N) is 1. The lowest BCUT2D eigenvalue weighted by molar-refractivity contribution is 0.318. The molecule has 0 bridgehead atoms. The molecule has 0 spiro atoms. The van der Waals surface area contributed by atoms with E-state index in [4.69, 9.17) is 9.56 Å². The highest BCUT2D eigenvalue weighted by atomic mass is 33.5. The molecule has 0 rings (SSSR count). The first-order valence-corrected chi connectivity index (χ1v) is 13.1. The third-order valence-electron chi connectivity index (χ3n) is 3.85. The molecule has 110 valence electrons. The van der Waals surface area contributed by atoms with E-state index in [-0.39, 0.29) is 0 Å². The van der Waals surface area contributed by atoms with Crippen LogP contribution in [0, 0.1) is 11.8 Å². The van der Waals surface area contributed by atoms with Crippen LogP contribution in [0.25, 0.3) is 0 Å². The van der Waals surface area contributed by atoms with Gasteiger partial charge in [-0.2, -0.15) is 0 Å². The van der Waals surface area contributed by atoms with Crippen molar-refractivity contribution in [3.8, 4) is 0 Å². The lowest BCUT2D eigenvalue weighted by atomic mass is 9.82. The number of rotatable bonds is 9. The fourth-order valence-corrected chi connectivity index (χ4v) is 7.69. The highest BCUT2D eigenvalue weighted by Crippen LogP contribution is 2.52. The van der Waals surface area contributed by atoms with Gasteiger partial charge in [0.25, 0.3) is 0 Å². The van der Waals surface area contributed by atoms with Crippen molar-refractivity contribution in [3.63, 3.8) is 0 Å². The summed E-state index contributed by atoms with van der Waals surface area (Å²) in [7, 11) is 5.41. The van der Waals surface area contributed by atoms with Gasteiger partial charge >= 0.3 is 0 Å². The molecule has 0 radical (unpaired) electrons. The van der Waals surface area contributed by atoms with Gasteiger partial charge in [0.2, 0.25) is 0 Å². The summed E-state index contributed by atoms with van der Waals surface area (Å²) >= 11 is 0. The minimum absolute atomic E-state index is 0.292. The predicted octanol–water partition coefficient (Wildman–Crippen LogP) is 5.18. The second-order valence-electron chi connectivity index (χ2n) is 5.98. The molecule has 6 heteroatoms. The molecule has 0 atom stereocenters. The molecule has 2 N–H and O–H groups in total. The van der Waals surface area contributed by atoms with Gasteiger partial charge in [0.1, 0.15) is 0 Å². The summed E-state index contributed by atoms with van der Waals surface area (Å²) in [6.07, 6.45) is 1.22. The molecule has 0 aliphatic rings. The monoisotopic (exact) mass is 327 g/mol. The average Bonchev–Trinajstić information content (AvgIpc) is 2.28. The van der Waals surface area contributed by atoms with E-state index >= 15 is 0 Å². The Hall–Kier alpha value is 1.19. The highest BCUT2D eigenvalue weighted by Gasteiger charge is 2.40. The predicted molar refractivity (Wildman–Crippen MR) is 93.3 cm³/mol. The first kappa shape index (κ1) is 19.2. The second kappa shape index (κ2) is 8.47. The summed E-state index contributed by atoms with van der Waals surface area (Å²) in [6, 6.07) is 1.21. The van der Waals surface area contributed by atoms with Crippen LogP contribution in [0.1, 0.15) is 34.1 Å². The van der Waals surface area contributed by atoms with Gasteiger partial charge in [-0.05, 0) is 58.2 Å². The molecule has 0 unspecified atom stereocenters. The van der Waals surface area contributed by atoms with Crippen LogP contribution in [-0.4, -0.2) is 20.2 Å². The average molecular weight is 328 g/mol. The molecular formula is C12H29NOS3Si. The van der Waals surface area contributed by atoms with E-state index < -0.39 is 8.32 Å². The Labute approximate surface area is 126 Å². The third-order valence-corrected chi connectivity index (χ3v) is 10.7. The van der Waals surface area contributed by atoms with E-state index in [1.807, 2.05) is 17.9 Å². The maximum absolute atomic E-state index is 5.69. The van der Waals surface area contributed by atoms with Crippen molar-refractivity contribution in [2.75, 3.05) is 7.11 Å². The van der Waals surface area contributed by atoms with Crippen molar-refractivity contribution < 1.29 is 4.43 Å². The molecular weight excluding hydrogens is 298 g/mol. The fraction of sp³-hybridized carbons (Fsp3) is 1.00. The van der Waals surface area contributed by atoms with Crippen LogP contribution in [0.2, 0.25) is 19.1 Å². The van der Waals surface area contributed by atoms with Crippen LogP contribution in [0.5, 0.6) is 0 Å². The molecule has 0 aromatic heterocycles. The zero-order valence-corrected chi connectivity index (χ0v) is 16.2. The van der Waals surface area contributed by atoms with Crippen LogP contribution in [0.15, 0.2) is 0 Å². The first-order chi connectivity index (χ1) is 8.22. The van der Waals surface area contributed by atoms with Crippen molar-refractivity contribution in [2.45, 2.75) is 58.0 Å². The van der Waals surface area contributed by atoms with E-state index in [0.29, 0.717) is 16.6 Å². The maximum Gasteiger partial charge on any atom is 0.186 e. The molecule has 0 aliphatic carbocycles. The molecule has 2 nitrogen and oxygen atoms in total. The third kappa shape index (κ3) is 5.67. The largest absolute Gasteiger partial charge is 0.420 e. The van der Waals surface area contributed by atoms with Crippen LogP contribution < -0.4 is 5.14 Å². The molecule has 0 amide bonds. The molecule has 0 saturated heterocycles. The van der Waals surface area contributed by atoms with Crippen molar-refractivity contribution in [3.05, 3.63) is 0 Å². The van der Waals surface area contributed by atoms with E-state index in [1.165, 1.54) is 23.4 Å². The Kier molecular flexibility index (Phi) is 9.03. The van der Waals surface area contributed by atoms with Crippen molar-refractivity contribution in [1.82, 2.24) is 0 Å². The SMILES string of the molecule is CO[Si](C)(C)CCC(SSSN)(C(C)C)C(C)C. The van der Waals surface area contributed by atoms with Gasteiger partial charge in [-0.1, -0.05) is 38.5 Å². The minimum Gasteiger partial charge on any atom is -0.420 e. The van der Waals surface area contributed by atoms with E-state index in [9.17, 15) is 0 Å². The van der Waals surface area contributed by atoms with Gasteiger partial charge in [0, 0.05) is 11.9 Å². The van der Waals surface area contributed by atoms with Crippen LogP contribution in [0.3, 0.4) is 0 Å². The summed E-state index contributed by atoms with van der Waals surface area (Å²) in [6.45, 7) is 13.9. The minimum atomic E-state index is -1.48.